The fourth-order valence-corrected chi connectivity index (χ4v) is 4.82. The molecule has 0 amide bonds. The highest BCUT2D eigenvalue weighted by molar-refractivity contribution is 9.10. The van der Waals surface area contributed by atoms with Crippen LogP contribution in [0.2, 0.25) is 0 Å². The Labute approximate surface area is 188 Å². The van der Waals surface area contributed by atoms with Crippen molar-refractivity contribution in [2.45, 2.75) is 11.4 Å². The van der Waals surface area contributed by atoms with Gasteiger partial charge in [-0.1, -0.05) is 18.2 Å². The van der Waals surface area contributed by atoms with Crippen LogP contribution in [-0.4, -0.2) is 20.5 Å². The van der Waals surface area contributed by atoms with Crippen molar-refractivity contribution in [3.8, 4) is 17.0 Å². The van der Waals surface area contributed by atoms with E-state index < -0.39 is 10.0 Å². The molecule has 0 aliphatic carbocycles. The van der Waals surface area contributed by atoms with Crippen LogP contribution in [0.15, 0.2) is 82.3 Å². The first-order chi connectivity index (χ1) is 14.9. The third-order valence-corrected chi connectivity index (χ3v) is 6.91. The summed E-state index contributed by atoms with van der Waals surface area (Å²) in [6.07, 6.45) is 1.61. The van der Waals surface area contributed by atoms with Gasteiger partial charge in [0.2, 0.25) is 10.0 Å². The summed E-state index contributed by atoms with van der Waals surface area (Å²) in [7, 11) is -2.14. The summed E-state index contributed by atoms with van der Waals surface area (Å²) in [5.74, 6) is 0.352. The molecule has 31 heavy (non-hydrogen) atoms. The fraction of sp³-hybridized carbons (Fsp3) is 0.0870. The lowest BCUT2D eigenvalue weighted by Gasteiger charge is -2.11. The molecule has 0 aliphatic rings. The minimum absolute atomic E-state index is 0.156. The van der Waals surface area contributed by atoms with Gasteiger partial charge in [-0.15, -0.1) is 0 Å². The lowest BCUT2D eigenvalue weighted by atomic mass is 10.0. The molecule has 0 radical (unpaired) electrons. The fourth-order valence-electron chi connectivity index (χ4n) is 3.22. The van der Waals surface area contributed by atoms with Crippen LogP contribution in [0.25, 0.3) is 22.0 Å². The molecular weight excluding hydrogens is 483 g/mol. The standard InChI is InChI=1S/C23H18BrFN2O3S/c1-30-18-5-2-15(3-6-18)14-27-31(28,29)19-7-9-20-16(12-19)10-11-26-23(20)21-8-4-17(25)13-22(21)24/h2-13,27H,14H2,1H3. The molecule has 1 heterocycles. The summed E-state index contributed by atoms with van der Waals surface area (Å²) in [4.78, 5) is 4.58. The highest BCUT2D eigenvalue weighted by Gasteiger charge is 2.16. The third kappa shape index (κ3) is 4.61. The average molecular weight is 501 g/mol. The Bertz CT molecular complexity index is 1360. The first kappa shape index (κ1) is 21.4. The molecule has 0 saturated carbocycles. The lowest BCUT2D eigenvalue weighted by molar-refractivity contribution is 0.414. The van der Waals surface area contributed by atoms with Gasteiger partial charge in [0.25, 0.3) is 0 Å². The number of pyridine rings is 1. The molecule has 4 aromatic rings. The number of rotatable bonds is 6. The number of nitrogens with zero attached hydrogens (tertiary/aromatic N) is 1. The lowest BCUT2D eigenvalue weighted by Crippen LogP contribution is -2.23. The molecule has 4 rings (SSSR count). The van der Waals surface area contributed by atoms with Gasteiger partial charge >= 0.3 is 0 Å². The van der Waals surface area contributed by atoms with Gasteiger partial charge in [-0.3, -0.25) is 4.98 Å². The van der Waals surface area contributed by atoms with E-state index >= 15 is 0 Å². The molecule has 0 aliphatic heterocycles. The molecule has 0 fully saturated rings. The summed E-state index contributed by atoms with van der Waals surface area (Å²) in [6.45, 7) is 0.161. The number of halogens is 2. The second kappa shape index (κ2) is 8.74. The normalized spacial score (nSPS) is 11.6. The predicted octanol–water partition coefficient (Wildman–Crippen LogP) is 5.29. The van der Waals surface area contributed by atoms with E-state index in [1.54, 1.807) is 67.9 Å². The van der Waals surface area contributed by atoms with Crippen LogP contribution in [0.3, 0.4) is 0 Å². The molecule has 1 aromatic heterocycles. The number of sulfonamides is 1. The van der Waals surface area contributed by atoms with Gasteiger partial charge in [-0.2, -0.15) is 0 Å². The first-order valence-corrected chi connectivity index (χ1v) is 11.6. The topological polar surface area (TPSA) is 68.3 Å². The number of hydrogen-bond donors (Lipinski definition) is 1. The zero-order valence-electron chi connectivity index (χ0n) is 16.5. The van der Waals surface area contributed by atoms with Crippen LogP contribution in [0.4, 0.5) is 4.39 Å². The average Bonchev–Trinajstić information content (AvgIpc) is 2.77. The maximum Gasteiger partial charge on any atom is 0.240 e. The van der Waals surface area contributed by atoms with E-state index in [1.807, 2.05) is 0 Å². The van der Waals surface area contributed by atoms with E-state index in [0.717, 1.165) is 16.5 Å². The van der Waals surface area contributed by atoms with Crippen molar-refractivity contribution < 1.29 is 17.5 Å². The van der Waals surface area contributed by atoms with E-state index in [9.17, 15) is 12.8 Å². The van der Waals surface area contributed by atoms with E-state index in [1.165, 1.54) is 12.1 Å². The van der Waals surface area contributed by atoms with Crippen LogP contribution in [0.1, 0.15) is 5.56 Å². The molecule has 0 bridgehead atoms. The monoisotopic (exact) mass is 500 g/mol. The van der Waals surface area contributed by atoms with E-state index in [2.05, 4.69) is 25.6 Å². The molecular formula is C23H18BrFN2O3S. The molecule has 1 N–H and O–H groups in total. The quantitative estimate of drug-likeness (QED) is 0.390. The maximum atomic E-state index is 13.5. The van der Waals surface area contributed by atoms with E-state index in [4.69, 9.17) is 4.74 Å². The number of methoxy groups -OCH3 is 1. The van der Waals surface area contributed by atoms with Gasteiger partial charge in [0, 0.05) is 28.2 Å². The molecule has 5 nitrogen and oxygen atoms in total. The van der Waals surface area contributed by atoms with Gasteiger partial charge in [0.05, 0.1) is 17.7 Å². The van der Waals surface area contributed by atoms with Crippen molar-refractivity contribution in [2.75, 3.05) is 7.11 Å². The van der Waals surface area contributed by atoms with E-state index in [-0.39, 0.29) is 17.3 Å². The van der Waals surface area contributed by atoms with Crippen molar-refractivity contribution >= 4 is 36.7 Å². The Balaban J connectivity index is 1.64. The Morgan fingerprint density at radius 1 is 1.03 bits per heavy atom. The smallest absolute Gasteiger partial charge is 0.240 e. The number of hydrogen-bond acceptors (Lipinski definition) is 4. The largest absolute Gasteiger partial charge is 0.497 e. The number of aromatic nitrogens is 1. The first-order valence-electron chi connectivity index (χ1n) is 9.34. The second-order valence-corrected chi connectivity index (χ2v) is 9.46. The Kier molecular flexibility index (Phi) is 6.04. The highest BCUT2D eigenvalue weighted by Crippen LogP contribution is 2.33. The predicted molar refractivity (Wildman–Crippen MR) is 122 cm³/mol. The zero-order chi connectivity index (χ0) is 22.0. The Morgan fingerprint density at radius 2 is 1.81 bits per heavy atom. The SMILES string of the molecule is COc1ccc(CNS(=O)(=O)c2ccc3c(-c4ccc(F)cc4Br)nccc3c2)cc1. The number of fused-ring (bicyclic) bond motifs is 1. The molecule has 0 spiro atoms. The van der Waals surface area contributed by atoms with Gasteiger partial charge in [-0.25, -0.2) is 17.5 Å². The molecule has 0 atom stereocenters. The molecule has 3 aromatic carbocycles. The number of ether oxygens (including phenoxy) is 1. The highest BCUT2D eigenvalue weighted by atomic mass is 79.9. The summed E-state index contributed by atoms with van der Waals surface area (Å²) in [5.41, 5.74) is 2.18. The zero-order valence-corrected chi connectivity index (χ0v) is 18.9. The number of nitrogens with one attached hydrogen (secondary N) is 1. The molecule has 0 unspecified atom stereocenters. The third-order valence-electron chi connectivity index (χ3n) is 4.86. The van der Waals surface area contributed by atoms with Crippen molar-refractivity contribution in [1.82, 2.24) is 9.71 Å². The van der Waals surface area contributed by atoms with E-state index in [0.29, 0.717) is 21.3 Å². The van der Waals surface area contributed by atoms with Crippen LogP contribution in [0.5, 0.6) is 5.75 Å². The van der Waals surface area contributed by atoms with Crippen molar-refractivity contribution in [1.29, 1.82) is 0 Å². The Morgan fingerprint density at radius 3 is 2.52 bits per heavy atom. The van der Waals surface area contributed by atoms with Crippen molar-refractivity contribution in [2.24, 2.45) is 0 Å². The summed E-state index contributed by atoms with van der Waals surface area (Å²) in [6, 6.07) is 18.2. The molecule has 0 saturated heterocycles. The maximum absolute atomic E-state index is 13.5. The van der Waals surface area contributed by atoms with Crippen LogP contribution >= 0.6 is 15.9 Å². The van der Waals surface area contributed by atoms with Crippen LogP contribution in [-0.2, 0) is 16.6 Å². The Hall–Kier alpha value is -2.81. The molecule has 158 valence electrons. The summed E-state index contributed by atoms with van der Waals surface area (Å²) in [5, 5.41) is 1.48. The van der Waals surface area contributed by atoms with Gasteiger partial charge < -0.3 is 4.74 Å². The summed E-state index contributed by atoms with van der Waals surface area (Å²) >= 11 is 3.37. The van der Waals surface area contributed by atoms with Gasteiger partial charge in [-0.05, 0) is 75.4 Å². The second-order valence-electron chi connectivity index (χ2n) is 6.84. The van der Waals surface area contributed by atoms with Crippen molar-refractivity contribution in [3.63, 3.8) is 0 Å². The van der Waals surface area contributed by atoms with Gasteiger partial charge in [0.1, 0.15) is 11.6 Å². The van der Waals surface area contributed by atoms with Crippen molar-refractivity contribution in [3.05, 3.63) is 88.8 Å². The summed E-state index contributed by atoms with van der Waals surface area (Å²) < 4.78 is 47.4. The van der Waals surface area contributed by atoms with Crippen LogP contribution in [0, 0.1) is 5.82 Å². The van der Waals surface area contributed by atoms with Gasteiger partial charge in [0.15, 0.2) is 0 Å². The molecule has 8 heteroatoms. The minimum atomic E-state index is -3.72. The number of benzene rings is 3. The van der Waals surface area contributed by atoms with Crippen LogP contribution < -0.4 is 9.46 Å². The minimum Gasteiger partial charge on any atom is -0.497 e.